The zero-order valence-corrected chi connectivity index (χ0v) is 22.6. The van der Waals surface area contributed by atoms with E-state index in [4.69, 9.17) is 11.5 Å². The van der Waals surface area contributed by atoms with Gasteiger partial charge in [0.05, 0.1) is 12.4 Å². The first kappa shape index (κ1) is 31.4. The molecule has 3 amide bonds. The Hall–Kier alpha value is -3.77. The maximum absolute atomic E-state index is 13.5. The van der Waals surface area contributed by atoms with Crippen molar-refractivity contribution in [2.24, 2.45) is 17.4 Å². The third-order valence-corrected chi connectivity index (χ3v) is 6.61. The van der Waals surface area contributed by atoms with Gasteiger partial charge < -0.3 is 37.5 Å². The summed E-state index contributed by atoms with van der Waals surface area (Å²) in [5.41, 5.74) is 12.9. The third-order valence-electron chi connectivity index (χ3n) is 6.61. The number of carbonyl (C=O) groups is 4. The van der Waals surface area contributed by atoms with Crippen LogP contribution in [-0.2, 0) is 32.0 Å². The smallest absolute Gasteiger partial charge is 0.326 e. The van der Waals surface area contributed by atoms with Crippen LogP contribution >= 0.6 is 0 Å². The number of carboxylic acids is 1. The molecule has 0 radical (unpaired) electrons. The van der Waals surface area contributed by atoms with Gasteiger partial charge in [0.1, 0.15) is 18.1 Å². The number of nitrogens with zero attached hydrogens (tertiary/aromatic N) is 1. The van der Waals surface area contributed by atoms with E-state index in [1.807, 2.05) is 13.0 Å². The highest BCUT2D eigenvalue weighted by atomic mass is 16.4. The van der Waals surface area contributed by atoms with Gasteiger partial charge in [0, 0.05) is 24.7 Å². The molecule has 1 aromatic heterocycles. The summed E-state index contributed by atoms with van der Waals surface area (Å²) in [4.78, 5) is 58.3. The van der Waals surface area contributed by atoms with Gasteiger partial charge in [-0.25, -0.2) is 9.78 Å². The molecule has 12 nitrogen and oxygen atoms in total. The summed E-state index contributed by atoms with van der Waals surface area (Å²) < 4.78 is 0. The van der Waals surface area contributed by atoms with Crippen LogP contribution in [0.3, 0.4) is 0 Å². The molecule has 0 aliphatic carbocycles. The number of aromatic nitrogens is 2. The predicted molar refractivity (Wildman–Crippen MR) is 146 cm³/mol. The number of carbonyl (C=O) groups excluding carboxylic acids is 3. The van der Waals surface area contributed by atoms with Crippen LogP contribution in [0.2, 0.25) is 0 Å². The molecule has 39 heavy (non-hydrogen) atoms. The van der Waals surface area contributed by atoms with Crippen LogP contribution in [0.5, 0.6) is 0 Å². The van der Waals surface area contributed by atoms with Crippen molar-refractivity contribution in [1.29, 1.82) is 0 Å². The summed E-state index contributed by atoms with van der Waals surface area (Å²) in [5.74, 6) is -3.23. The van der Waals surface area contributed by atoms with Crippen molar-refractivity contribution < 1.29 is 24.3 Å². The number of amides is 3. The van der Waals surface area contributed by atoms with E-state index in [-0.39, 0.29) is 18.8 Å². The van der Waals surface area contributed by atoms with E-state index in [0.717, 1.165) is 12.0 Å². The van der Waals surface area contributed by atoms with Crippen molar-refractivity contribution in [1.82, 2.24) is 25.9 Å². The molecule has 0 spiro atoms. The molecule has 5 unspecified atom stereocenters. The average Bonchev–Trinajstić information content (AvgIpc) is 3.44. The minimum atomic E-state index is -1.16. The summed E-state index contributed by atoms with van der Waals surface area (Å²) in [6, 6.07) is 4.94. The van der Waals surface area contributed by atoms with Crippen LogP contribution in [0.25, 0.3) is 0 Å². The Morgan fingerprint density at radius 3 is 2.21 bits per heavy atom. The number of hydrogen-bond donors (Lipinski definition) is 7. The second kappa shape index (κ2) is 16.2. The maximum Gasteiger partial charge on any atom is 0.326 e. The molecule has 0 aliphatic heterocycles. The van der Waals surface area contributed by atoms with Crippen molar-refractivity contribution in [3.8, 4) is 0 Å². The van der Waals surface area contributed by atoms with Gasteiger partial charge in [-0.2, -0.15) is 0 Å². The molecular weight excluding hydrogens is 502 g/mol. The molecule has 5 atom stereocenters. The zero-order valence-electron chi connectivity index (χ0n) is 22.6. The first-order chi connectivity index (χ1) is 18.7. The Labute approximate surface area is 228 Å². The van der Waals surface area contributed by atoms with E-state index in [0.29, 0.717) is 31.5 Å². The molecule has 1 aromatic carbocycles. The molecule has 0 saturated heterocycles. The molecule has 0 bridgehead atoms. The number of aromatic amines is 1. The molecule has 214 valence electrons. The zero-order chi connectivity index (χ0) is 28.8. The Morgan fingerprint density at radius 2 is 1.62 bits per heavy atom. The summed E-state index contributed by atoms with van der Waals surface area (Å²) in [7, 11) is 0. The van der Waals surface area contributed by atoms with E-state index in [2.05, 4.69) is 25.9 Å². The molecule has 0 fully saturated rings. The van der Waals surface area contributed by atoms with E-state index < -0.39 is 47.9 Å². The van der Waals surface area contributed by atoms with Crippen molar-refractivity contribution >= 4 is 23.7 Å². The topological polar surface area (TPSA) is 205 Å². The molecule has 2 rings (SSSR count). The van der Waals surface area contributed by atoms with Crippen LogP contribution in [-0.4, -0.2) is 69.5 Å². The lowest BCUT2D eigenvalue weighted by Crippen LogP contribution is -2.58. The standard InChI is InChI=1S/C27H41N7O5/c1-3-17(2)23(27(38)39)34-26(37)21(13-18-9-5-4-6-10-18)33-25(36)22(14-19-15-30-16-31-19)32-24(35)20(29)11-7-8-12-28/h4-6,9-10,15-17,20-23H,3,7-8,11-14,28-29H2,1-2H3,(H,30,31)(H,32,35)(H,33,36)(H,34,37)(H,38,39). The Balaban J connectivity index is 2.25. The maximum atomic E-state index is 13.5. The molecule has 0 aliphatic rings. The van der Waals surface area contributed by atoms with Crippen LogP contribution in [0, 0.1) is 5.92 Å². The molecular formula is C27H41N7O5. The van der Waals surface area contributed by atoms with Gasteiger partial charge in [-0.05, 0) is 30.9 Å². The molecule has 2 aromatic rings. The summed E-state index contributed by atoms with van der Waals surface area (Å²) in [6.45, 7) is 4.06. The molecule has 0 saturated carbocycles. The quantitative estimate of drug-likeness (QED) is 0.137. The lowest BCUT2D eigenvalue weighted by atomic mass is 9.98. The summed E-state index contributed by atoms with van der Waals surface area (Å²) in [5, 5.41) is 17.7. The van der Waals surface area contributed by atoms with E-state index in [9.17, 15) is 24.3 Å². The fourth-order valence-corrected chi connectivity index (χ4v) is 4.01. The SMILES string of the molecule is CCC(C)C(NC(=O)C(Cc1ccccc1)NC(=O)C(Cc1cnc[nH]1)NC(=O)C(N)CCCCN)C(=O)O. The highest BCUT2D eigenvalue weighted by molar-refractivity contribution is 5.94. The van der Waals surface area contributed by atoms with Crippen molar-refractivity contribution in [2.75, 3.05) is 6.54 Å². The summed E-state index contributed by atoms with van der Waals surface area (Å²) >= 11 is 0. The number of carboxylic acid groups (broad SMARTS) is 1. The van der Waals surface area contributed by atoms with Gasteiger partial charge >= 0.3 is 5.97 Å². The number of rotatable bonds is 17. The Kier molecular flexibility index (Phi) is 13.1. The van der Waals surface area contributed by atoms with Crippen LogP contribution in [0.4, 0.5) is 0 Å². The van der Waals surface area contributed by atoms with Gasteiger partial charge in [0.15, 0.2) is 0 Å². The number of unbranched alkanes of at least 4 members (excludes halogenated alkanes) is 1. The predicted octanol–water partition coefficient (Wildman–Crippen LogP) is 0.236. The number of nitrogens with two attached hydrogens (primary N) is 2. The largest absolute Gasteiger partial charge is 0.480 e. The van der Waals surface area contributed by atoms with Gasteiger partial charge in [-0.15, -0.1) is 0 Å². The second-order valence-electron chi connectivity index (χ2n) is 9.69. The number of nitrogens with one attached hydrogen (secondary N) is 4. The number of benzene rings is 1. The number of imidazole rings is 1. The number of aliphatic carboxylic acids is 1. The summed E-state index contributed by atoms with van der Waals surface area (Å²) in [6.07, 6.45) is 5.53. The Morgan fingerprint density at radius 1 is 0.974 bits per heavy atom. The average molecular weight is 544 g/mol. The van der Waals surface area contributed by atoms with E-state index >= 15 is 0 Å². The van der Waals surface area contributed by atoms with Crippen LogP contribution in [0.15, 0.2) is 42.9 Å². The second-order valence-corrected chi connectivity index (χ2v) is 9.69. The number of hydrogen-bond acceptors (Lipinski definition) is 7. The van der Waals surface area contributed by atoms with Crippen molar-refractivity contribution in [3.63, 3.8) is 0 Å². The van der Waals surface area contributed by atoms with Gasteiger partial charge in [0.2, 0.25) is 17.7 Å². The fourth-order valence-electron chi connectivity index (χ4n) is 4.01. The first-order valence-corrected chi connectivity index (χ1v) is 13.3. The monoisotopic (exact) mass is 543 g/mol. The lowest BCUT2D eigenvalue weighted by Gasteiger charge is -2.26. The van der Waals surface area contributed by atoms with E-state index in [1.54, 1.807) is 31.2 Å². The van der Waals surface area contributed by atoms with Crippen LogP contribution in [0.1, 0.15) is 50.8 Å². The first-order valence-electron chi connectivity index (χ1n) is 13.3. The third kappa shape index (κ3) is 10.5. The fraction of sp³-hybridized carbons (Fsp3) is 0.519. The van der Waals surface area contributed by atoms with Crippen molar-refractivity contribution in [2.45, 2.75) is 76.5 Å². The minimum Gasteiger partial charge on any atom is -0.480 e. The van der Waals surface area contributed by atoms with Gasteiger partial charge in [0.25, 0.3) is 0 Å². The van der Waals surface area contributed by atoms with Crippen LogP contribution < -0.4 is 27.4 Å². The van der Waals surface area contributed by atoms with Crippen molar-refractivity contribution in [3.05, 3.63) is 54.1 Å². The van der Waals surface area contributed by atoms with Gasteiger partial charge in [-0.1, -0.05) is 57.0 Å². The molecule has 12 heteroatoms. The molecule has 1 heterocycles. The van der Waals surface area contributed by atoms with E-state index in [1.165, 1.54) is 12.5 Å². The highest BCUT2D eigenvalue weighted by Gasteiger charge is 2.32. The van der Waals surface area contributed by atoms with Gasteiger partial charge in [-0.3, -0.25) is 14.4 Å². The Bertz CT molecular complexity index is 1050. The molecule has 9 N–H and O–H groups in total. The highest BCUT2D eigenvalue weighted by Crippen LogP contribution is 2.11. The lowest BCUT2D eigenvalue weighted by molar-refractivity contribution is -0.143. The number of H-pyrrole nitrogens is 1. The minimum absolute atomic E-state index is 0.0807. The normalized spacial score (nSPS) is 14.9.